The maximum Gasteiger partial charge on any atom is 0.177 e. The maximum atomic E-state index is 14.2. The molecule has 1 aliphatic rings. The van der Waals surface area contributed by atoms with E-state index in [1.54, 1.807) is 12.4 Å². The van der Waals surface area contributed by atoms with Crippen LogP contribution >= 0.6 is 11.5 Å². The third-order valence-corrected chi connectivity index (χ3v) is 7.07. The number of nitrogens with zero attached hydrogens (tertiary/aromatic N) is 4. The minimum absolute atomic E-state index is 0.209. The Kier molecular flexibility index (Phi) is 4.48. The largest absolute Gasteiger partial charge is 0.452 e. The summed E-state index contributed by atoms with van der Waals surface area (Å²) in [6.07, 6.45) is 10.4. The molecule has 5 aromatic rings. The Labute approximate surface area is 186 Å². The molecule has 0 radical (unpaired) electrons. The minimum atomic E-state index is -0.349. The molecule has 0 bridgehead atoms. The molecule has 4 heterocycles. The second kappa shape index (κ2) is 7.39. The monoisotopic (exact) mass is 449 g/mol. The number of aliphatic hydroxyl groups excluding tert-OH is 1. The SMILES string of the molecule is Nc1ncc(-c2cnn(C3CCC(O)CC3)c2)c2cc(-c3cc(F)cc4cnsc34)oc12. The smallest absolute Gasteiger partial charge is 0.177 e. The Hall–Kier alpha value is -3.30. The van der Waals surface area contributed by atoms with Gasteiger partial charge in [-0.1, -0.05) is 0 Å². The Morgan fingerprint density at radius 2 is 1.94 bits per heavy atom. The van der Waals surface area contributed by atoms with Crippen LogP contribution in [0.3, 0.4) is 0 Å². The third kappa shape index (κ3) is 3.16. The van der Waals surface area contributed by atoms with Crippen LogP contribution in [0.25, 0.3) is 43.5 Å². The fourth-order valence-corrected chi connectivity index (χ4v) is 5.28. The van der Waals surface area contributed by atoms with Gasteiger partial charge in [0.1, 0.15) is 11.6 Å². The Bertz CT molecular complexity index is 1450. The van der Waals surface area contributed by atoms with Gasteiger partial charge in [-0.25, -0.2) is 9.37 Å². The predicted molar refractivity (Wildman–Crippen MR) is 122 cm³/mol. The summed E-state index contributed by atoms with van der Waals surface area (Å²) in [5.74, 6) is 0.447. The molecule has 162 valence electrons. The lowest BCUT2D eigenvalue weighted by atomic mass is 9.93. The van der Waals surface area contributed by atoms with Gasteiger partial charge in [0.2, 0.25) is 0 Å². The first-order chi connectivity index (χ1) is 15.6. The average molecular weight is 450 g/mol. The fourth-order valence-electron chi connectivity index (χ4n) is 4.54. The number of hydrogen-bond donors (Lipinski definition) is 2. The van der Waals surface area contributed by atoms with Crippen molar-refractivity contribution in [3.8, 4) is 22.5 Å². The zero-order chi connectivity index (χ0) is 21.8. The Morgan fingerprint density at radius 1 is 1.09 bits per heavy atom. The number of rotatable bonds is 3. The van der Waals surface area contributed by atoms with Crippen molar-refractivity contribution in [3.63, 3.8) is 0 Å². The molecule has 6 rings (SSSR count). The second-order valence-corrected chi connectivity index (χ2v) is 9.08. The summed E-state index contributed by atoms with van der Waals surface area (Å²) in [7, 11) is 0. The molecule has 1 aliphatic carbocycles. The van der Waals surface area contributed by atoms with Gasteiger partial charge in [0, 0.05) is 46.1 Å². The molecule has 0 spiro atoms. The lowest BCUT2D eigenvalue weighted by molar-refractivity contribution is 0.108. The molecule has 3 N–H and O–H groups in total. The molecule has 4 aromatic heterocycles. The molecule has 9 heteroatoms. The lowest BCUT2D eigenvalue weighted by Crippen LogP contribution is -2.21. The molecule has 0 atom stereocenters. The summed E-state index contributed by atoms with van der Waals surface area (Å²) in [6.45, 7) is 0. The zero-order valence-electron chi connectivity index (χ0n) is 17.0. The van der Waals surface area contributed by atoms with Crippen LogP contribution < -0.4 is 5.73 Å². The number of anilines is 1. The molecule has 32 heavy (non-hydrogen) atoms. The number of hydrogen-bond acceptors (Lipinski definition) is 7. The number of fused-ring (bicyclic) bond motifs is 2. The van der Waals surface area contributed by atoms with Crippen LogP contribution in [0.1, 0.15) is 31.7 Å². The van der Waals surface area contributed by atoms with Gasteiger partial charge in [0.05, 0.1) is 23.0 Å². The molecular weight excluding hydrogens is 429 g/mol. The first-order valence-corrected chi connectivity index (χ1v) is 11.3. The summed E-state index contributed by atoms with van der Waals surface area (Å²) in [6, 6.07) is 5.07. The molecule has 1 saturated carbocycles. The molecule has 0 saturated heterocycles. The third-order valence-electron chi connectivity index (χ3n) is 6.22. The van der Waals surface area contributed by atoms with Gasteiger partial charge in [-0.2, -0.15) is 9.47 Å². The van der Waals surface area contributed by atoms with Crippen LogP contribution in [0.4, 0.5) is 10.2 Å². The number of halogens is 1. The van der Waals surface area contributed by atoms with Gasteiger partial charge < -0.3 is 15.3 Å². The van der Waals surface area contributed by atoms with Crippen molar-refractivity contribution >= 4 is 38.4 Å². The first kappa shape index (κ1) is 19.4. The van der Waals surface area contributed by atoms with Crippen molar-refractivity contribution in [2.45, 2.75) is 37.8 Å². The van der Waals surface area contributed by atoms with Gasteiger partial charge in [-0.05, 0) is 55.4 Å². The van der Waals surface area contributed by atoms with Crippen molar-refractivity contribution in [2.75, 3.05) is 5.73 Å². The molecule has 0 unspecified atom stereocenters. The second-order valence-electron chi connectivity index (χ2n) is 8.28. The van der Waals surface area contributed by atoms with Crippen LogP contribution in [0.15, 0.2) is 47.4 Å². The fraction of sp³-hybridized carbons (Fsp3) is 0.261. The highest BCUT2D eigenvalue weighted by Gasteiger charge is 2.23. The topological polar surface area (TPSA) is 103 Å². The molecular formula is C23H20FN5O2S. The number of aromatic nitrogens is 4. The van der Waals surface area contributed by atoms with Crippen molar-refractivity contribution < 1.29 is 13.9 Å². The first-order valence-electron chi connectivity index (χ1n) is 10.5. The number of nitrogen functional groups attached to an aromatic ring is 1. The number of furan rings is 1. The van der Waals surface area contributed by atoms with E-state index in [1.807, 2.05) is 23.1 Å². The standard InChI is InChI=1S/C23H20FN5O2S/c24-14-5-12-9-28-32-22(12)18(6-14)20-7-17-19(10-26-23(25)21(17)31-20)13-8-27-29(11-13)15-1-3-16(30)4-2-15/h5-11,15-16,30H,1-4H2,(H2,25,26). The van der Waals surface area contributed by atoms with Crippen molar-refractivity contribution in [1.82, 2.24) is 19.1 Å². The number of nitrogens with two attached hydrogens (primary N) is 1. The van der Waals surface area contributed by atoms with Gasteiger partial charge in [-0.3, -0.25) is 4.68 Å². The van der Waals surface area contributed by atoms with E-state index in [0.717, 1.165) is 52.3 Å². The van der Waals surface area contributed by atoms with E-state index in [0.29, 0.717) is 16.9 Å². The van der Waals surface area contributed by atoms with E-state index in [9.17, 15) is 9.50 Å². The van der Waals surface area contributed by atoms with Gasteiger partial charge >= 0.3 is 0 Å². The van der Waals surface area contributed by atoms with E-state index in [-0.39, 0.29) is 23.8 Å². The number of pyridine rings is 1. The number of aliphatic hydroxyl groups is 1. The Morgan fingerprint density at radius 3 is 2.78 bits per heavy atom. The summed E-state index contributed by atoms with van der Waals surface area (Å²) >= 11 is 1.30. The van der Waals surface area contributed by atoms with Crippen LogP contribution in [0.5, 0.6) is 0 Å². The molecule has 1 fully saturated rings. The predicted octanol–water partition coefficient (Wildman–Crippen LogP) is 5.17. The van der Waals surface area contributed by atoms with E-state index in [4.69, 9.17) is 10.2 Å². The molecule has 1 aromatic carbocycles. The van der Waals surface area contributed by atoms with Crippen LogP contribution in [-0.2, 0) is 0 Å². The van der Waals surface area contributed by atoms with Crippen molar-refractivity contribution in [1.29, 1.82) is 0 Å². The average Bonchev–Trinajstić information content (AvgIpc) is 3.53. The highest BCUT2D eigenvalue weighted by Crippen LogP contribution is 2.40. The highest BCUT2D eigenvalue weighted by atomic mass is 32.1. The van der Waals surface area contributed by atoms with E-state index in [1.165, 1.54) is 23.7 Å². The summed E-state index contributed by atoms with van der Waals surface area (Å²) in [5.41, 5.74) is 8.98. The highest BCUT2D eigenvalue weighted by molar-refractivity contribution is 7.13. The zero-order valence-corrected chi connectivity index (χ0v) is 17.8. The van der Waals surface area contributed by atoms with Crippen molar-refractivity contribution in [2.24, 2.45) is 0 Å². The quantitative estimate of drug-likeness (QED) is 0.394. The van der Waals surface area contributed by atoms with E-state index < -0.39 is 0 Å². The minimum Gasteiger partial charge on any atom is -0.452 e. The van der Waals surface area contributed by atoms with Crippen LogP contribution in [-0.4, -0.2) is 30.3 Å². The molecule has 0 aliphatic heterocycles. The number of benzene rings is 1. The van der Waals surface area contributed by atoms with Gasteiger partial charge in [0.15, 0.2) is 11.4 Å². The normalized spacial score (nSPS) is 19.2. The lowest BCUT2D eigenvalue weighted by Gasteiger charge is -2.25. The Balaban J connectivity index is 1.45. The van der Waals surface area contributed by atoms with Gasteiger partial charge in [-0.15, -0.1) is 0 Å². The summed E-state index contributed by atoms with van der Waals surface area (Å²) in [4.78, 5) is 4.32. The summed E-state index contributed by atoms with van der Waals surface area (Å²) in [5, 5.41) is 15.9. The van der Waals surface area contributed by atoms with E-state index in [2.05, 4.69) is 14.5 Å². The summed E-state index contributed by atoms with van der Waals surface area (Å²) < 4.78 is 27.3. The maximum absolute atomic E-state index is 14.2. The van der Waals surface area contributed by atoms with Crippen LogP contribution in [0, 0.1) is 5.82 Å². The molecule has 0 amide bonds. The van der Waals surface area contributed by atoms with Crippen molar-refractivity contribution in [3.05, 3.63) is 48.8 Å². The van der Waals surface area contributed by atoms with Gasteiger partial charge in [0.25, 0.3) is 0 Å². The van der Waals surface area contributed by atoms with E-state index >= 15 is 0 Å². The van der Waals surface area contributed by atoms with Crippen LogP contribution in [0.2, 0.25) is 0 Å². The molecule has 7 nitrogen and oxygen atoms in total.